The minimum absolute atomic E-state index is 0.149. The molecule has 192 valence electrons. The molecule has 0 saturated carbocycles. The zero-order chi connectivity index (χ0) is 26.0. The summed E-state index contributed by atoms with van der Waals surface area (Å²) in [6.45, 7) is 9.03. The van der Waals surface area contributed by atoms with Gasteiger partial charge < -0.3 is 10.1 Å². The molecule has 6 nitrogen and oxygen atoms in total. The number of nitrogens with zero attached hydrogens (tertiary/aromatic N) is 2. The fourth-order valence-electron chi connectivity index (χ4n) is 5.16. The van der Waals surface area contributed by atoms with Crippen molar-refractivity contribution in [3.63, 3.8) is 0 Å². The van der Waals surface area contributed by atoms with Gasteiger partial charge in [0.15, 0.2) is 0 Å². The van der Waals surface area contributed by atoms with Crippen LogP contribution in [0.1, 0.15) is 84.6 Å². The van der Waals surface area contributed by atoms with Crippen molar-refractivity contribution < 1.29 is 14.3 Å². The smallest absolute Gasteiger partial charge is 0.341 e. The van der Waals surface area contributed by atoms with Gasteiger partial charge in [-0.2, -0.15) is 5.26 Å². The molecular weight excluding hydrogens is 490 g/mol. The molecule has 2 atom stereocenters. The number of anilines is 1. The van der Waals surface area contributed by atoms with Crippen LogP contribution >= 0.6 is 23.1 Å². The predicted octanol–water partition coefficient (Wildman–Crippen LogP) is 6.20. The number of nitriles is 1. The van der Waals surface area contributed by atoms with Gasteiger partial charge in [0, 0.05) is 22.7 Å². The number of methoxy groups -OCH3 is 1. The molecule has 0 bridgehead atoms. The highest BCUT2D eigenvalue weighted by atomic mass is 32.2. The van der Waals surface area contributed by atoms with Gasteiger partial charge >= 0.3 is 5.97 Å². The van der Waals surface area contributed by atoms with E-state index >= 15 is 0 Å². The summed E-state index contributed by atoms with van der Waals surface area (Å²) in [4.78, 5) is 31.3. The SMILES string of the molecule is COC(=O)c1c(NC(=O)CCSc2nc3c(cc2C#N)CC(C(C)(C)C)CC3)sc2c1CCC(C)C2. The number of thiophene rings is 1. The minimum atomic E-state index is -0.391. The van der Waals surface area contributed by atoms with Crippen molar-refractivity contribution in [2.75, 3.05) is 18.2 Å². The van der Waals surface area contributed by atoms with Crippen LogP contribution in [0.2, 0.25) is 0 Å². The van der Waals surface area contributed by atoms with Crippen LogP contribution < -0.4 is 5.32 Å². The molecule has 2 unspecified atom stereocenters. The van der Waals surface area contributed by atoms with Crippen molar-refractivity contribution in [3.8, 4) is 6.07 Å². The van der Waals surface area contributed by atoms with E-state index in [1.807, 2.05) is 6.07 Å². The van der Waals surface area contributed by atoms with Gasteiger partial charge in [-0.15, -0.1) is 23.1 Å². The van der Waals surface area contributed by atoms with Crippen LogP contribution in [0.25, 0.3) is 0 Å². The quantitative estimate of drug-likeness (QED) is 0.357. The summed E-state index contributed by atoms with van der Waals surface area (Å²) in [6, 6.07) is 4.30. The number of rotatable bonds is 6. The molecule has 1 N–H and O–H groups in total. The zero-order valence-electron chi connectivity index (χ0n) is 21.8. The topological polar surface area (TPSA) is 92.1 Å². The number of esters is 1. The number of aromatic nitrogens is 1. The Morgan fingerprint density at radius 2 is 2.06 bits per heavy atom. The van der Waals surface area contributed by atoms with Gasteiger partial charge in [0.25, 0.3) is 0 Å². The van der Waals surface area contributed by atoms with E-state index in [9.17, 15) is 14.9 Å². The molecular formula is C28H35N3O3S2. The third-order valence-corrected chi connectivity index (χ3v) is 9.58. The Kier molecular flexibility index (Phi) is 8.11. The number of amides is 1. The summed E-state index contributed by atoms with van der Waals surface area (Å²) in [5, 5.41) is 14.0. The van der Waals surface area contributed by atoms with Crippen LogP contribution in [0.5, 0.6) is 0 Å². The number of pyridine rings is 1. The summed E-state index contributed by atoms with van der Waals surface area (Å²) in [5.41, 5.74) is 4.64. The molecule has 36 heavy (non-hydrogen) atoms. The highest BCUT2D eigenvalue weighted by Gasteiger charge is 2.31. The number of aryl methyl sites for hydroxylation is 1. The van der Waals surface area contributed by atoms with Crippen molar-refractivity contribution in [1.82, 2.24) is 4.98 Å². The van der Waals surface area contributed by atoms with Crippen LogP contribution in [-0.4, -0.2) is 29.7 Å². The molecule has 0 radical (unpaired) electrons. The summed E-state index contributed by atoms with van der Waals surface area (Å²) in [5.74, 6) is 1.12. The van der Waals surface area contributed by atoms with Crippen LogP contribution in [-0.2, 0) is 35.2 Å². The molecule has 4 rings (SSSR count). The first-order valence-electron chi connectivity index (χ1n) is 12.7. The van der Waals surface area contributed by atoms with Gasteiger partial charge in [0.2, 0.25) is 5.91 Å². The normalized spacial score (nSPS) is 19.1. The Labute approximate surface area is 222 Å². The molecule has 0 aliphatic heterocycles. The Balaban J connectivity index is 1.41. The van der Waals surface area contributed by atoms with E-state index in [-0.39, 0.29) is 17.7 Å². The van der Waals surface area contributed by atoms with Gasteiger partial charge in [0.05, 0.1) is 18.2 Å². The summed E-state index contributed by atoms with van der Waals surface area (Å²) < 4.78 is 5.02. The second-order valence-corrected chi connectivity index (χ2v) is 13.2. The Morgan fingerprint density at radius 1 is 1.28 bits per heavy atom. The van der Waals surface area contributed by atoms with E-state index in [1.54, 1.807) is 0 Å². The standard InChI is InChI=1S/C28H35N3O3S2/c1-16-6-8-20-22(12-16)36-26(24(20)27(33)34-5)31-23(32)10-11-35-25-18(15-29)13-17-14-19(28(2,3)4)7-9-21(17)30-25/h13,16,19H,6-12,14H2,1-5H3,(H,31,32). The third kappa shape index (κ3) is 5.78. The van der Waals surface area contributed by atoms with E-state index < -0.39 is 5.97 Å². The zero-order valence-corrected chi connectivity index (χ0v) is 23.5. The summed E-state index contributed by atoms with van der Waals surface area (Å²) >= 11 is 2.95. The first-order valence-corrected chi connectivity index (χ1v) is 14.5. The molecule has 2 aromatic rings. The second-order valence-electron chi connectivity index (χ2n) is 11.1. The maximum absolute atomic E-state index is 12.8. The van der Waals surface area contributed by atoms with Gasteiger partial charge in [-0.3, -0.25) is 4.79 Å². The third-order valence-electron chi connectivity index (χ3n) is 7.42. The lowest BCUT2D eigenvalue weighted by molar-refractivity contribution is -0.115. The average Bonchev–Trinajstić information content (AvgIpc) is 3.18. The molecule has 2 aromatic heterocycles. The van der Waals surface area contributed by atoms with Gasteiger partial charge in [-0.05, 0) is 73.0 Å². The molecule has 0 spiro atoms. The van der Waals surface area contributed by atoms with Crippen LogP contribution in [0.15, 0.2) is 11.1 Å². The van der Waals surface area contributed by atoms with Crippen LogP contribution in [0, 0.1) is 28.6 Å². The van der Waals surface area contributed by atoms with Crippen molar-refractivity contribution >= 4 is 40.0 Å². The number of ether oxygens (including phenoxy) is 1. The Morgan fingerprint density at radius 3 is 2.75 bits per heavy atom. The largest absolute Gasteiger partial charge is 0.465 e. The van der Waals surface area contributed by atoms with Crippen molar-refractivity contribution in [3.05, 3.63) is 38.9 Å². The molecule has 2 aliphatic rings. The van der Waals surface area contributed by atoms with Gasteiger partial charge in [0.1, 0.15) is 16.1 Å². The number of hydrogen-bond acceptors (Lipinski definition) is 7. The molecule has 0 aromatic carbocycles. The molecule has 2 heterocycles. The van der Waals surface area contributed by atoms with Crippen molar-refractivity contribution in [2.45, 2.75) is 77.7 Å². The lowest BCUT2D eigenvalue weighted by Gasteiger charge is -2.34. The number of hydrogen-bond donors (Lipinski definition) is 1. The number of nitrogens with one attached hydrogen (secondary N) is 1. The van der Waals surface area contributed by atoms with E-state index in [2.05, 4.69) is 39.1 Å². The lowest BCUT2D eigenvalue weighted by Crippen LogP contribution is -2.27. The van der Waals surface area contributed by atoms with E-state index in [4.69, 9.17) is 9.72 Å². The number of carbonyl (C=O) groups is 2. The van der Waals surface area contributed by atoms with Gasteiger partial charge in [-0.1, -0.05) is 27.7 Å². The highest BCUT2D eigenvalue weighted by molar-refractivity contribution is 7.99. The fraction of sp³-hybridized carbons (Fsp3) is 0.571. The maximum Gasteiger partial charge on any atom is 0.341 e. The predicted molar refractivity (Wildman–Crippen MR) is 145 cm³/mol. The summed E-state index contributed by atoms with van der Waals surface area (Å²) in [7, 11) is 1.38. The minimum Gasteiger partial charge on any atom is -0.465 e. The van der Waals surface area contributed by atoms with E-state index in [0.29, 0.717) is 38.7 Å². The maximum atomic E-state index is 12.8. The summed E-state index contributed by atoms with van der Waals surface area (Å²) in [6.07, 6.45) is 6.04. The highest BCUT2D eigenvalue weighted by Crippen LogP contribution is 2.41. The first kappa shape index (κ1) is 26.7. The fourth-order valence-corrected chi connectivity index (χ4v) is 7.49. The van der Waals surface area contributed by atoms with Crippen molar-refractivity contribution in [2.24, 2.45) is 17.3 Å². The Bertz CT molecular complexity index is 1210. The molecule has 0 saturated heterocycles. The monoisotopic (exact) mass is 525 g/mol. The first-order chi connectivity index (χ1) is 17.1. The van der Waals surface area contributed by atoms with Crippen molar-refractivity contribution in [1.29, 1.82) is 5.26 Å². The van der Waals surface area contributed by atoms with Gasteiger partial charge in [-0.25, -0.2) is 9.78 Å². The molecule has 8 heteroatoms. The van der Waals surface area contributed by atoms with Crippen LogP contribution in [0.3, 0.4) is 0 Å². The lowest BCUT2D eigenvalue weighted by atomic mass is 9.71. The van der Waals surface area contributed by atoms with E-state index in [1.165, 1.54) is 40.6 Å². The number of fused-ring (bicyclic) bond motifs is 2. The van der Waals surface area contributed by atoms with E-state index in [0.717, 1.165) is 49.8 Å². The molecule has 1 amide bonds. The number of thioether (sulfide) groups is 1. The molecule has 2 aliphatic carbocycles. The number of carbonyl (C=O) groups excluding carboxylic acids is 2. The Hall–Kier alpha value is -2.37. The molecule has 0 fully saturated rings. The second kappa shape index (κ2) is 10.9. The van der Waals surface area contributed by atoms with Crippen LogP contribution in [0.4, 0.5) is 5.00 Å². The average molecular weight is 526 g/mol.